The van der Waals surface area contributed by atoms with Gasteiger partial charge in [-0.3, -0.25) is 4.79 Å². The second-order valence-electron chi connectivity index (χ2n) is 5.04. The van der Waals surface area contributed by atoms with Crippen LogP contribution in [0.4, 0.5) is 18.9 Å². The number of rotatable bonds is 6. The third-order valence-corrected chi connectivity index (χ3v) is 4.46. The van der Waals surface area contributed by atoms with Crippen molar-refractivity contribution in [1.29, 1.82) is 0 Å². The van der Waals surface area contributed by atoms with Crippen LogP contribution in [0.25, 0.3) is 0 Å². The molecule has 8 heteroatoms. The van der Waals surface area contributed by atoms with Gasteiger partial charge in [0.2, 0.25) is 5.91 Å². The van der Waals surface area contributed by atoms with Gasteiger partial charge in [0.25, 0.3) is 0 Å². The van der Waals surface area contributed by atoms with Gasteiger partial charge in [0, 0.05) is 16.3 Å². The molecular weight excluding hydrogens is 375 g/mol. The van der Waals surface area contributed by atoms with Crippen molar-refractivity contribution in [1.82, 2.24) is 0 Å². The lowest BCUT2D eigenvalue weighted by Crippen LogP contribution is -2.18. The molecule has 0 aliphatic rings. The molecule has 0 aliphatic carbocycles. The molecule has 0 atom stereocenters. The molecule has 2 aromatic carbocycles. The summed E-state index contributed by atoms with van der Waals surface area (Å²) >= 11 is 7.19. The third kappa shape index (κ3) is 5.57. The lowest BCUT2D eigenvalue weighted by atomic mass is 10.1. The molecule has 0 radical (unpaired) electrons. The van der Waals surface area contributed by atoms with Gasteiger partial charge in [0.15, 0.2) is 0 Å². The topological polar surface area (TPSA) is 38.3 Å². The summed E-state index contributed by atoms with van der Waals surface area (Å²) in [6, 6.07) is 10.0. The fraction of sp³-hybridized carbons (Fsp3) is 0.235. The number of anilines is 1. The highest BCUT2D eigenvalue weighted by Gasteiger charge is 2.33. The van der Waals surface area contributed by atoms with E-state index in [-0.39, 0.29) is 11.4 Å². The van der Waals surface area contributed by atoms with E-state index in [1.54, 1.807) is 18.2 Å². The number of carbonyl (C=O) groups is 1. The Morgan fingerprint density at radius 1 is 1.24 bits per heavy atom. The van der Waals surface area contributed by atoms with Crippen molar-refractivity contribution in [3.8, 4) is 5.75 Å². The Balaban J connectivity index is 1.95. The molecule has 0 aromatic heterocycles. The molecule has 1 amide bonds. The average molecular weight is 390 g/mol. The smallest absolute Gasteiger partial charge is 0.418 e. The van der Waals surface area contributed by atoms with Crippen LogP contribution in [-0.4, -0.2) is 18.8 Å². The molecule has 0 saturated carbocycles. The molecule has 134 valence electrons. The van der Waals surface area contributed by atoms with Crippen molar-refractivity contribution in [2.45, 2.75) is 11.9 Å². The summed E-state index contributed by atoms with van der Waals surface area (Å²) in [6.07, 6.45) is -4.52. The molecule has 0 saturated heterocycles. The van der Waals surface area contributed by atoms with E-state index < -0.39 is 17.6 Å². The summed E-state index contributed by atoms with van der Waals surface area (Å²) in [5.41, 5.74) is -0.311. The van der Waals surface area contributed by atoms with Crippen molar-refractivity contribution in [3.05, 3.63) is 58.6 Å². The highest BCUT2D eigenvalue weighted by atomic mass is 35.5. The van der Waals surface area contributed by atoms with E-state index >= 15 is 0 Å². The van der Waals surface area contributed by atoms with E-state index in [4.69, 9.17) is 16.3 Å². The maximum Gasteiger partial charge on any atom is 0.418 e. The molecular formula is C17H15ClF3NO2S. The first-order valence-electron chi connectivity index (χ1n) is 7.17. The van der Waals surface area contributed by atoms with Gasteiger partial charge in [-0.25, -0.2) is 0 Å². The molecule has 0 aliphatic heterocycles. The predicted octanol–water partition coefficient (Wildman–Crippen LogP) is 5.24. The van der Waals surface area contributed by atoms with Gasteiger partial charge in [-0.1, -0.05) is 23.7 Å². The number of hydrogen-bond acceptors (Lipinski definition) is 3. The maximum atomic E-state index is 12.9. The first-order chi connectivity index (χ1) is 11.8. The summed E-state index contributed by atoms with van der Waals surface area (Å²) in [6.45, 7) is 0. The number of amides is 1. The Labute approximate surface area is 152 Å². The Bertz CT molecular complexity index is 753. The average Bonchev–Trinajstić information content (AvgIpc) is 2.54. The molecule has 25 heavy (non-hydrogen) atoms. The number of carbonyl (C=O) groups excluding carboxylic acids is 1. The van der Waals surface area contributed by atoms with Crippen molar-refractivity contribution in [3.63, 3.8) is 0 Å². The normalized spacial score (nSPS) is 11.2. The van der Waals surface area contributed by atoms with Crippen LogP contribution in [0.2, 0.25) is 5.02 Å². The largest absolute Gasteiger partial charge is 0.496 e. The number of ether oxygens (including phenoxy) is 1. The zero-order valence-electron chi connectivity index (χ0n) is 13.2. The molecule has 1 N–H and O–H groups in total. The molecule has 3 nitrogen and oxygen atoms in total. The molecule has 2 aromatic rings. The summed E-state index contributed by atoms with van der Waals surface area (Å²) in [5, 5.41) is 2.85. The molecule has 0 spiro atoms. The minimum absolute atomic E-state index is 0.00184. The zero-order valence-corrected chi connectivity index (χ0v) is 14.8. The van der Waals surface area contributed by atoms with Crippen LogP contribution in [0, 0.1) is 0 Å². The number of nitrogens with one attached hydrogen (secondary N) is 1. The van der Waals surface area contributed by atoms with Gasteiger partial charge in [-0.05, 0) is 30.3 Å². The molecule has 0 heterocycles. The van der Waals surface area contributed by atoms with Gasteiger partial charge < -0.3 is 10.1 Å². The molecule has 0 fully saturated rings. The highest BCUT2D eigenvalue weighted by Crippen LogP contribution is 2.34. The van der Waals surface area contributed by atoms with Crippen LogP contribution in [0.1, 0.15) is 11.1 Å². The van der Waals surface area contributed by atoms with Crippen molar-refractivity contribution < 1.29 is 22.7 Å². The van der Waals surface area contributed by atoms with E-state index in [1.807, 2.05) is 0 Å². The van der Waals surface area contributed by atoms with Crippen molar-refractivity contribution in [2.24, 2.45) is 0 Å². The first-order valence-corrected chi connectivity index (χ1v) is 8.70. The third-order valence-electron chi connectivity index (χ3n) is 3.24. The minimum atomic E-state index is -4.52. The minimum Gasteiger partial charge on any atom is -0.496 e. The number of benzene rings is 2. The Kier molecular flexibility index (Phi) is 6.61. The number of para-hydroxylation sites is 1. The lowest BCUT2D eigenvalue weighted by Gasteiger charge is -2.13. The first kappa shape index (κ1) is 19.5. The van der Waals surface area contributed by atoms with Crippen LogP contribution in [-0.2, 0) is 16.7 Å². The van der Waals surface area contributed by atoms with E-state index in [1.165, 1.54) is 37.1 Å². The number of methoxy groups -OCH3 is 1. The van der Waals surface area contributed by atoms with Crippen LogP contribution in [0.5, 0.6) is 5.75 Å². The second kappa shape index (κ2) is 8.49. The lowest BCUT2D eigenvalue weighted by molar-refractivity contribution is -0.137. The van der Waals surface area contributed by atoms with E-state index in [9.17, 15) is 18.0 Å². The fourth-order valence-corrected chi connectivity index (χ4v) is 3.14. The van der Waals surface area contributed by atoms with Gasteiger partial charge in [0.1, 0.15) is 5.75 Å². The molecule has 0 unspecified atom stereocenters. The van der Waals surface area contributed by atoms with E-state index in [0.717, 1.165) is 11.6 Å². The van der Waals surface area contributed by atoms with E-state index in [2.05, 4.69) is 5.32 Å². The zero-order chi connectivity index (χ0) is 18.4. The molecule has 2 rings (SSSR count). The van der Waals surface area contributed by atoms with Crippen LogP contribution in [0.3, 0.4) is 0 Å². The van der Waals surface area contributed by atoms with Gasteiger partial charge in [-0.2, -0.15) is 13.2 Å². The highest BCUT2D eigenvalue weighted by molar-refractivity contribution is 7.99. The maximum absolute atomic E-state index is 12.9. The SMILES string of the molecule is COc1ccc(Cl)cc1CSCC(=O)Nc1ccccc1C(F)(F)F. The second-order valence-corrected chi connectivity index (χ2v) is 6.46. The Morgan fingerprint density at radius 3 is 2.64 bits per heavy atom. The monoisotopic (exact) mass is 389 g/mol. The standard InChI is InChI=1S/C17H15ClF3NO2S/c1-24-15-7-6-12(18)8-11(15)9-25-10-16(23)22-14-5-3-2-4-13(14)17(19,20)21/h2-8H,9-10H2,1H3,(H,22,23). The summed E-state index contributed by atoms with van der Waals surface area (Å²) in [4.78, 5) is 11.9. The Hall–Kier alpha value is -1.86. The molecule has 0 bridgehead atoms. The van der Waals surface area contributed by atoms with Crippen molar-refractivity contribution in [2.75, 3.05) is 18.2 Å². The predicted molar refractivity (Wildman–Crippen MR) is 94.2 cm³/mol. The number of hydrogen-bond donors (Lipinski definition) is 1. The number of halogens is 4. The van der Waals surface area contributed by atoms with Gasteiger partial charge >= 0.3 is 6.18 Å². The van der Waals surface area contributed by atoms with Gasteiger partial charge in [0.05, 0.1) is 24.1 Å². The van der Waals surface area contributed by atoms with Crippen LogP contribution in [0.15, 0.2) is 42.5 Å². The fourth-order valence-electron chi connectivity index (χ4n) is 2.14. The summed E-state index contributed by atoms with van der Waals surface area (Å²) in [7, 11) is 1.53. The van der Waals surface area contributed by atoms with Gasteiger partial charge in [-0.15, -0.1) is 11.8 Å². The summed E-state index contributed by atoms with van der Waals surface area (Å²) < 4.78 is 43.9. The van der Waals surface area contributed by atoms with E-state index in [0.29, 0.717) is 16.5 Å². The van der Waals surface area contributed by atoms with Crippen molar-refractivity contribution >= 4 is 35.0 Å². The number of thioether (sulfide) groups is 1. The Morgan fingerprint density at radius 2 is 1.96 bits per heavy atom. The summed E-state index contributed by atoms with van der Waals surface area (Å²) in [5.74, 6) is 0.572. The quantitative estimate of drug-likeness (QED) is 0.734. The van der Waals surface area contributed by atoms with Crippen LogP contribution >= 0.6 is 23.4 Å². The number of alkyl halides is 3. The van der Waals surface area contributed by atoms with Crippen LogP contribution < -0.4 is 10.1 Å².